The largest absolute Gasteiger partial charge is 0.497 e. The Hall–Kier alpha value is -5.85. The lowest BCUT2D eigenvalue weighted by molar-refractivity contribution is 0.0609. The SMILES string of the molecule is COc1cc(Cc2cc(Oc3ccc(NC(=O)Nc4cc(C(C)(C)C)cc(OC(CO)CO)c4OC)c4ccccc34)ccn2)cc(C(N)=O)c1. The topological polar surface area (TPSA) is 174 Å². The smallest absolute Gasteiger partial charge is 0.323 e. The van der Waals surface area contributed by atoms with Crippen molar-refractivity contribution in [3.63, 3.8) is 0 Å². The zero-order valence-electron chi connectivity index (χ0n) is 29.2. The number of rotatable bonds is 13. The molecule has 0 saturated carbocycles. The summed E-state index contributed by atoms with van der Waals surface area (Å²) < 4.78 is 23.1. The number of nitrogens with two attached hydrogens (primary N) is 1. The van der Waals surface area contributed by atoms with Gasteiger partial charge in [-0.15, -0.1) is 0 Å². The number of primary amides is 1. The molecule has 0 aliphatic rings. The van der Waals surface area contributed by atoms with Gasteiger partial charge in [-0.25, -0.2) is 4.79 Å². The maximum atomic E-state index is 13.5. The Kier molecular flexibility index (Phi) is 11.3. The lowest BCUT2D eigenvalue weighted by Crippen LogP contribution is -2.26. The highest BCUT2D eigenvalue weighted by molar-refractivity contribution is 6.08. The summed E-state index contributed by atoms with van der Waals surface area (Å²) >= 11 is 0. The Morgan fingerprint density at radius 2 is 1.55 bits per heavy atom. The van der Waals surface area contributed by atoms with E-state index in [9.17, 15) is 19.8 Å². The number of urea groups is 1. The molecule has 12 nitrogen and oxygen atoms in total. The van der Waals surface area contributed by atoms with Gasteiger partial charge in [0.25, 0.3) is 0 Å². The Morgan fingerprint density at radius 1 is 0.824 bits per heavy atom. The highest BCUT2D eigenvalue weighted by Gasteiger charge is 2.23. The molecular formula is C39H42N4O8. The van der Waals surface area contributed by atoms with Gasteiger partial charge in [0, 0.05) is 40.7 Å². The first kappa shape index (κ1) is 36.4. The molecule has 12 heteroatoms. The van der Waals surface area contributed by atoms with Crippen molar-refractivity contribution in [2.45, 2.75) is 38.7 Å². The van der Waals surface area contributed by atoms with E-state index in [1.165, 1.54) is 14.2 Å². The minimum absolute atomic E-state index is 0.245. The van der Waals surface area contributed by atoms with Gasteiger partial charge >= 0.3 is 6.03 Å². The van der Waals surface area contributed by atoms with Crippen LogP contribution in [0.2, 0.25) is 0 Å². The van der Waals surface area contributed by atoms with E-state index in [4.69, 9.17) is 24.7 Å². The van der Waals surface area contributed by atoms with Crippen LogP contribution < -0.4 is 35.3 Å². The van der Waals surface area contributed by atoms with Crippen LogP contribution in [0.3, 0.4) is 0 Å². The number of anilines is 2. The summed E-state index contributed by atoms with van der Waals surface area (Å²) in [6.07, 6.45) is 1.19. The normalized spacial score (nSPS) is 11.3. The van der Waals surface area contributed by atoms with Crippen LogP contribution in [0.25, 0.3) is 10.8 Å². The minimum Gasteiger partial charge on any atom is -0.497 e. The van der Waals surface area contributed by atoms with Crippen LogP contribution in [0, 0.1) is 0 Å². The molecule has 3 amide bonds. The minimum atomic E-state index is -0.869. The molecule has 0 fully saturated rings. The highest BCUT2D eigenvalue weighted by Crippen LogP contribution is 2.41. The van der Waals surface area contributed by atoms with Crippen molar-refractivity contribution >= 4 is 34.1 Å². The molecule has 0 aliphatic carbocycles. The van der Waals surface area contributed by atoms with Crippen molar-refractivity contribution in [3.05, 3.63) is 107 Å². The first-order valence-electron chi connectivity index (χ1n) is 16.2. The number of carbonyl (C=O) groups excluding carboxylic acids is 2. The summed E-state index contributed by atoms with van der Waals surface area (Å²) in [5, 5.41) is 26.6. The number of hydrogen-bond donors (Lipinski definition) is 5. The molecule has 0 atom stereocenters. The molecule has 0 saturated heterocycles. The second kappa shape index (κ2) is 15.8. The van der Waals surface area contributed by atoms with E-state index >= 15 is 0 Å². The third-order valence-electron chi connectivity index (χ3n) is 8.09. The lowest BCUT2D eigenvalue weighted by atomic mass is 9.86. The number of aliphatic hydroxyl groups excluding tert-OH is 2. The number of aliphatic hydroxyl groups is 2. The third-order valence-corrected chi connectivity index (χ3v) is 8.09. The second-order valence-electron chi connectivity index (χ2n) is 12.8. The molecule has 4 aromatic carbocycles. The van der Waals surface area contributed by atoms with Gasteiger partial charge in [-0.3, -0.25) is 9.78 Å². The van der Waals surface area contributed by atoms with Gasteiger partial charge < -0.3 is 45.5 Å². The first-order chi connectivity index (χ1) is 24.4. The number of aromatic nitrogens is 1. The van der Waals surface area contributed by atoms with Crippen LogP contribution in [-0.2, 0) is 11.8 Å². The fourth-order valence-corrected chi connectivity index (χ4v) is 5.46. The summed E-state index contributed by atoms with van der Waals surface area (Å²) in [7, 11) is 2.98. The lowest BCUT2D eigenvalue weighted by Gasteiger charge is -2.25. The molecule has 5 rings (SSSR count). The Balaban J connectivity index is 1.39. The van der Waals surface area contributed by atoms with Gasteiger partial charge in [0.05, 0.1) is 38.8 Å². The van der Waals surface area contributed by atoms with E-state index in [-0.39, 0.29) is 16.9 Å². The molecule has 0 spiro atoms. The molecule has 5 aromatic rings. The summed E-state index contributed by atoms with van der Waals surface area (Å²) in [6, 6.07) is 22.8. The van der Waals surface area contributed by atoms with Gasteiger partial charge in [-0.1, -0.05) is 45.0 Å². The molecule has 51 heavy (non-hydrogen) atoms. The number of hydrogen-bond acceptors (Lipinski definition) is 9. The molecule has 0 radical (unpaired) electrons. The number of fused-ring (bicyclic) bond motifs is 1. The van der Waals surface area contributed by atoms with Crippen LogP contribution in [0.4, 0.5) is 16.2 Å². The van der Waals surface area contributed by atoms with E-state index in [2.05, 4.69) is 15.6 Å². The van der Waals surface area contributed by atoms with Crippen molar-refractivity contribution in [3.8, 4) is 28.7 Å². The monoisotopic (exact) mass is 694 g/mol. The van der Waals surface area contributed by atoms with Gasteiger partial charge in [-0.05, 0) is 65.1 Å². The van der Waals surface area contributed by atoms with Crippen molar-refractivity contribution in [1.29, 1.82) is 0 Å². The zero-order valence-corrected chi connectivity index (χ0v) is 29.2. The number of pyridine rings is 1. The number of methoxy groups -OCH3 is 2. The quantitative estimate of drug-likeness (QED) is 0.0933. The standard InChI is InChI=1S/C39H42N4O8/c1-39(2,3)25-18-33(36(49-5)35(19-25)51-29(21-44)22-45)43-38(47)42-32-10-11-34(31-9-7-6-8-30(31)32)50-27-12-13-41-26(20-27)15-23-14-24(37(40)46)17-28(16-23)48-4/h6-14,16-20,29,44-45H,15,21-22H2,1-5H3,(H2,40,46)(H2,42,43,47). The van der Waals surface area contributed by atoms with E-state index in [0.717, 1.165) is 21.9 Å². The van der Waals surface area contributed by atoms with Gasteiger partial charge in [0.15, 0.2) is 11.5 Å². The molecule has 0 bridgehead atoms. The number of nitrogens with zero attached hydrogens (tertiary/aromatic N) is 1. The van der Waals surface area contributed by atoms with Crippen LogP contribution in [0.15, 0.2) is 85.1 Å². The van der Waals surface area contributed by atoms with Crippen LogP contribution >= 0.6 is 0 Å². The van der Waals surface area contributed by atoms with Crippen molar-refractivity contribution in [2.75, 3.05) is 38.1 Å². The molecule has 0 unspecified atom stereocenters. The Bertz CT molecular complexity index is 2040. The molecule has 266 valence electrons. The Labute approximate surface area is 296 Å². The van der Waals surface area contributed by atoms with E-state index < -0.39 is 31.3 Å². The first-order valence-corrected chi connectivity index (χ1v) is 16.2. The fourth-order valence-electron chi connectivity index (χ4n) is 5.46. The molecule has 0 aliphatic heterocycles. The van der Waals surface area contributed by atoms with Crippen LogP contribution in [0.1, 0.15) is 48.0 Å². The van der Waals surface area contributed by atoms with Crippen LogP contribution in [0.5, 0.6) is 28.7 Å². The number of amides is 3. The molecule has 6 N–H and O–H groups in total. The predicted octanol–water partition coefficient (Wildman–Crippen LogP) is 6.41. The number of carbonyl (C=O) groups is 2. The predicted molar refractivity (Wildman–Crippen MR) is 195 cm³/mol. The fraction of sp³-hybridized carbons (Fsp3) is 0.256. The van der Waals surface area contributed by atoms with Crippen molar-refractivity contribution in [2.24, 2.45) is 5.73 Å². The van der Waals surface area contributed by atoms with E-state index in [1.807, 2.05) is 57.2 Å². The number of ether oxygens (including phenoxy) is 4. The summed E-state index contributed by atoms with van der Waals surface area (Å²) in [4.78, 5) is 29.8. The second-order valence-corrected chi connectivity index (χ2v) is 12.8. The maximum Gasteiger partial charge on any atom is 0.323 e. The van der Waals surface area contributed by atoms with Crippen molar-refractivity contribution < 1.29 is 38.7 Å². The molecule has 1 heterocycles. The summed E-state index contributed by atoms with van der Waals surface area (Å²) in [5.74, 6) is 1.61. The summed E-state index contributed by atoms with van der Waals surface area (Å²) in [5.41, 5.74) is 8.77. The van der Waals surface area contributed by atoms with Crippen molar-refractivity contribution in [1.82, 2.24) is 4.98 Å². The third kappa shape index (κ3) is 8.85. The van der Waals surface area contributed by atoms with E-state index in [1.54, 1.807) is 48.7 Å². The molecular weight excluding hydrogens is 652 g/mol. The average Bonchev–Trinajstić information content (AvgIpc) is 3.11. The number of nitrogens with one attached hydrogen (secondary N) is 2. The van der Waals surface area contributed by atoms with E-state index in [0.29, 0.717) is 46.3 Å². The number of benzene rings is 4. The average molecular weight is 695 g/mol. The van der Waals surface area contributed by atoms with Gasteiger partial charge in [0.2, 0.25) is 5.91 Å². The molecule has 1 aromatic heterocycles. The van der Waals surface area contributed by atoms with Gasteiger partial charge in [0.1, 0.15) is 23.4 Å². The zero-order chi connectivity index (χ0) is 36.7. The maximum absolute atomic E-state index is 13.5. The summed E-state index contributed by atoms with van der Waals surface area (Å²) in [6.45, 7) is 5.24. The van der Waals surface area contributed by atoms with Gasteiger partial charge in [-0.2, -0.15) is 0 Å². The Morgan fingerprint density at radius 3 is 2.22 bits per heavy atom. The van der Waals surface area contributed by atoms with Crippen LogP contribution in [-0.4, -0.2) is 60.7 Å². The highest BCUT2D eigenvalue weighted by atomic mass is 16.5.